The van der Waals surface area contributed by atoms with Crippen molar-refractivity contribution in [3.05, 3.63) is 158 Å². The molecule has 7 aromatic carbocycles. The van der Waals surface area contributed by atoms with Gasteiger partial charge in [0.25, 0.3) is 0 Å². The topological polar surface area (TPSA) is 56.7 Å². The van der Waals surface area contributed by atoms with Crippen LogP contribution in [-0.4, -0.2) is 19.5 Å². The minimum absolute atomic E-state index is 0.0159. The molecule has 0 N–H and O–H groups in total. The van der Waals surface area contributed by atoms with Crippen LogP contribution in [0.15, 0.2) is 162 Å². The number of thiophene rings is 1. The van der Waals surface area contributed by atoms with Crippen molar-refractivity contribution in [2.24, 2.45) is 0 Å². The van der Waals surface area contributed by atoms with E-state index in [0.717, 1.165) is 53.2 Å². The highest BCUT2D eigenvalue weighted by Gasteiger charge is 2.17. The summed E-state index contributed by atoms with van der Waals surface area (Å²) < 4.78 is 53.5. The predicted octanol–water partition coefficient (Wildman–Crippen LogP) is 12.2. The zero-order valence-electron chi connectivity index (χ0n) is 31.7. The first-order valence-corrected chi connectivity index (χ1v) is 17.3. The molecule has 4 heterocycles. The number of para-hydroxylation sites is 2. The van der Waals surface area contributed by atoms with Gasteiger partial charge in [0.05, 0.1) is 17.9 Å². The van der Waals surface area contributed by atoms with Gasteiger partial charge >= 0.3 is 0 Å². The first-order chi connectivity index (χ1) is 27.3. The van der Waals surface area contributed by atoms with Crippen molar-refractivity contribution in [1.29, 1.82) is 0 Å². The predicted molar refractivity (Wildman–Crippen MR) is 211 cm³/mol. The Morgan fingerprint density at radius 2 is 1.04 bits per heavy atom. The maximum Gasteiger partial charge on any atom is 0.164 e. The third-order valence-electron chi connectivity index (χ3n) is 9.55. The van der Waals surface area contributed by atoms with Crippen molar-refractivity contribution >= 4 is 75.3 Å². The molecule has 0 fully saturated rings. The monoisotopic (exact) mass is 675 g/mol. The summed E-state index contributed by atoms with van der Waals surface area (Å²) >= 11 is 1.70. The molecule has 11 aromatic rings. The van der Waals surface area contributed by atoms with E-state index in [9.17, 15) is 0 Å². The molecule has 238 valence electrons. The highest BCUT2D eigenvalue weighted by atomic mass is 32.1. The number of nitrogens with zero attached hydrogens (tertiary/aromatic N) is 4. The fourth-order valence-electron chi connectivity index (χ4n) is 7.22. The largest absolute Gasteiger partial charge is 0.456 e. The van der Waals surface area contributed by atoms with Crippen LogP contribution in [0, 0.1) is 0 Å². The molecule has 0 atom stereocenters. The minimum atomic E-state index is -0.482. The average molecular weight is 676 g/mol. The van der Waals surface area contributed by atoms with Gasteiger partial charge < -0.3 is 8.98 Å². The molecule has 0 aliphatic rings. The van der Waals surface area contributed by atoms with Gasteiger partial charge in [0.15, 0.2) is 17.5 Å². The summed E-state index contributed by atoms with van der Waals surface area (Å²) in [4.78, 5) is 14.5. The molecular weight excluding hydrogens is 645 g/mol. The maximum absolute atomic E-state index is 8.74. The lowest BCUT2D eigenvalue weighted by molar-refractivity contribution is 0.668. The summed E-state index contributed by atoms with van der Waals surface area (Å²) in [6.45, 7) is 0. The minimum Gasteiger partial charge on any atom is -0.456 e. The van der Waals surface area contributed by atoms with Gasteiger partial charge in [-0.3, -0.25) is 0 Å². The second kappa shape index (κ2) is 10.9. The number of rotatable bonds is 4. The van der Waals surface area contributed by atoms with Gasteiger partial charge in [0.2, 0.25) is 0 Å². The van der Waals surface area contributed by atoms with E-state index in [1.807, 2.05) is 48.5 Å². The van der Waals surface area contributed by atoms with E-state index in [1.165, 1.54) is 10.8 Å². The average Bonchev–Trinajstić information content (AvgIpc) is 3.90. The number of fused-ring (bicyclic) bond motifs is 9. The molecule has 51 heavy (non-hydrogen) atoms. The molecular formula is C45H26N4OS. The van der Waals surface area contributed by atoms with Crippen LogP contribution in [0.25, 0.3) is 104 Å². The molecule has 0 spiro atoms. The first kappa shape index (κ1) is 23.7. The van der Waals surface area contributed by atoms with Crippen molar-refractivity contribution in [3.63, 3.8) is 0 Å². The maximum atomic E-state index is 8.74. The Morgan fingerprint density at radius 1 is 0.471 bits per heavy atom. The number of furan rings is 1. The molecule has 0 aliphatic heterocycles. The number of aromatic nitrogens is 4. The Morgan fingerprint density at radius 3 is 1.78 bits per heavy atom. The number of hydrogen-bond acceptors (Lipinski definition) is 5. The molecule has 0 bridgehead atoms. The Labute approximate surface area is 302 Å². The van der Waals surface area contributed by atoms with E-state index in [1.54, 1.807) is 11.3 Å². The molecule has 0 saturated carbocycles. The van der Waals surface area contributed by atoms with E-state index in [-0.39, 0.29) is 29.3 Å². The van der Waals surface area contributed by atoms with Gasteiger partial charge in [0, 0.05) is 70.2 Å². The smallest absolute Gasteiger partial charge is 0.164 e. The van der Waals surface area contributed by atoms with Crippen LogP contribution < -0.4 is 0 Å². The van der Waals surface area contributed by atoms with Gasteiger partial charge in [0.1, 0.15) is 11.2 Å². The van der Waals surface area contributed by atoms with Crippen LogP contribution in [0.1, 0.15) is 6.85 Å². The van der Waals surface area contributed by atoms with Crippen LogP contribution in [0.4, 0.5) is 0 Å². The van der Waals surface area contributed by atoms with Gasteiger partial charge in [-0.1, -0.05) is 90.9 Å². The molecule has 11 rings (SSSR count). The van der Waals surface area contributed by atoms with Crippen molar-refractivity contribution in [3.8, 4) is 39.9 Å². The Hall–Kier alpha value is -6.63. The van der Waals surface area contributed by atoms with Crippen molar-refractivity contribution in [1.82, 2.24) is 19.5 Å². The molecule has 0 saturated heterocycles. The normalized spacial score (nSPS) is 13.3. The summed E-state index contributed by atoms with van der Waals surface area (Å²) in [6, 6.07) is 40.9. The molecule has 6 heteroatoms. The van der Waals surface area contributed by atoms with E-state index < -0.39 is 18.1 Å². The van der Waals surface area contributed by atoms with Crippen LogP contribution in [0.2, 0.25) is 0 Å². The fourth-order valence-corrected chi connectivity index (χ4v) is 8.30. The van der Waals surface area contributed by atoms with Gasteiger partial charge in [-0.15, -0.1) is 11.3 Å². The Bertz CT molecular complexity index is 3380. The quantitative estimate of drug-likeness (QED) is 0.186. The van der Waals surface area contributed by atoms with E-state index in [4.69, 9.17) is 26.2 Å². The highest BCUT2D eigenvalue weighted by molar-refractivity contribution is 7.25. The van der Waals surface area contributed by atoms with Crippen molar-refractivity contribution < 1.29 is 11.3 Å². The zero-order valence-corrected chi connectivity index (χ0v) is 27.5. The Kier molecular flexibility index (Phi) is 5.08. The van der Waals surface area contributed by atoms with E-state index >= 15 is 0 Å². The van der Waals surface area contributed by atoms with Gasteiger partial charge in [-0.2, -0.15) is 0 Å². The standard InChI is InChI=1S/C45H26N4OS/c1-2-10-27(11-3-1)43-46-44(28-19-23-42-36(24-28)35-14-6-9-17-41(35)51-42)48-45(47-43)29-18-21-33-34-22-20-30(26-40(34)50-39(33)25-29)49-37-15-7-4-12-31(37)32-13-5-8-16-38(32)49/h1-26H/i1D,2D,3D,10D,11D. The first-order valence-electron chi connectivity index (χ1n) is 19.0. The van der Waals surface area contributed by atoms with E-state index in [0.29, 0.717) is 22.5 Å². The zero-order chi connectivity index (χ0) is 37.8. The second-order valence-corrected chi connectivity index (χ2v) is 13.6. The van der Waals surface area contributed by atoms with Gasteiger partial charge in [-0.25, -0.2) is 15.0 Å². The lowest BCUT2D eigenvalue weighted by Gasteiger charge is -2.08. The number of hydrogen-bond donors (Lipinski definition) is 0. The third kappa shape index (κ3) is 4.43. The SMILES string of the molecule is [2H]c1c([2H])c([2H])c(-c2nc(-c3ccc4c(c3)oc3cc(-n5c6ccccc6c6ccccc65)ccc34)nc(-c3ccc4sc5ccccc5c4c3)n2)c([2H])c1[2H]. The lowest BCUT2D eigenvalue weighted by Crippen LogP contribution is -2.00. The highest BCUT2D eigenvalue weighted by Crippen LogP contribution is 2.38. The molecule has 4 aromatic heterocycles. The molecule has 5 nitrogen and oxygen atoms in total. The summed E-state index contributed by atoms with van der Waals surface area (Å²) in [5.74, 6) is 0.577. The van der Waals surface area contributed by atoms with Crippen LogP contribution in [0.3, 0.4) is 0 Å². The number of benzene rings is 7. The van der Waals surface area contributed by atoms with Gasteiger partial charge in [-0.05, 0) is 60.7 Å². The second-order valence-electron chi connectivity index (χ2n) is 12.5. The van der Waals surface area contributed by atoms with Crippen LogP contribution >= 0.6 is 11.3 Å². The summed E-state index contributed by atoms with van der Waals surface area (Å²) in [5.41, 5.74) is 5.80. The third-order valence-corrected chi connectivity index (χ3v) is 10.7. The summed E-state index contributed by atoms with van der Waals surface area (Å²) in [6.07, 6.45) is 0. The van der Waals surface area contributed by atoms with Crippen LogP contribution in [-0.2, 0) is 0 Å². The summed E-state index contributed by atoms with van der Waals surface area (Å²) in [7, 11) is 0. The lowest BCUT2D eigenvalue weighted by atomic mass is 10.1. The van der Waals surface area contributed by atoms with E-state index in [2.05, 4.69) is 83.4 Å². The fraction of sp³-hybridized carbons (Fsp3) is 0. The van der Waals surface area contributed by atoms with Crippen LogP contribution in [0.5, 0.6) is 0 Å². The molecule has 0 radical (unpaired) electrons. The summed E-state index contributed by atoms with van der Waals surface area (Å²) in [5, 5.41) is 6.42. The van der Waals surface area contributed by atoms with Crippen molar-refractivity contribution in [2.75, 3.05) is 0 Å². The molecule has 0 aliphatic carbocycles. The molecule has 0 amide bonds. The Balaban J connectivity index is 1.09. The van der Waals surface area contributed by atoms with Crippen molar-refractivity contribution in [2.45, 2.75) is 0 Å². The molecule has 0 unspecified atom stereocenters.